The van der Waals surface area contributed by atoms with Gasteiger partial charge in [-0.2, -0.15) is 0 Å². The van der Waals surface area contributed by atoms with Crippen molar-refractivity contribution >= 4 is 0 Å². The van der Waals surface area contributed by atoms with Gasteiger partial charge in [0.2, 0.25) is 0 Å². The van der Waals surface area contributed by atoms with E-state index in [9.17, 15) is 0 Å². The Morgan fingerprint density at radius 1 is 1.15 bits per heavy atom. The molecule has 1 heterocycles. The highest BCUT2D eigenvalue weighted by Crippen LogP contribution is 2.26. The van der Waals surface area contributed by atoms with E-state index in [1.165, 1.54) is 43.6 Å². The van der Waals surface area contributed by atoms with Crippen LogP contribution in [-0.2, 0) is 6.42 Å². The molecule has 1 atom stereocenters. The molecule has 1 saturated heterocycles. The minimum absolute atomic E-state index is 0.556. The average molecular weight is 274 g/mol. The maximum Gasteiger partial charge on any atom is 0.0319 e. The molecule has 2 heteroatoms. The van der Waals surface area contributed by atoms with Crippen molar-refractivity contribution in [1.82, 2.24) is 10.2 Å². The van der Waals surface area contributed by atoms with Crippen LogP contribution >= 0.6 is 0 Å². The number of benzene rings is 1. The van der Waals surface area contributed by atoms with Crippen LogP contribution in [-0.4, -0.2) is 31.1 Å². The van der Waals surface area contributed by atoms with Crippen LogP contribution in [0, 0.1) is 5.92 Å². The first-order chi connectivity index (χ1) is 9.74. The minimum Gasteiger partial charge on any atom is -0.317 e. The first-order valence-electron chi connectivity index (χ1n) is 8.28. The largest absolute Gasteiger partial charge is 0.317 e. The van der Waals surface area contributed by atoms with E-state index >= 15 is 0 Å². The summed E-state index contributed by atoms with van der Waals surface area (Å²) in [4.78, 5) is 2.64. The number of rotatable bonds is 6. The van der Waals surface area contributed by atoms with E-state index in [2.05, 4.69) is 55.3 Å². The summed E-state index contributed by atoms with van der Waals surface area (Å²) >= 11 is 0. The number of hydrogen-bond acceptors (Lipinski definition) is 2. The molecule has 0 amide bonds. The lowest BCUT2D eigenvalue weighted by Crippen LogP contribution is -2.38. The number of hydrogen-bond donors (Lipinski definition) is 1. The average Bonchev–Trinajstić information content (AvgIpc) is 2.53. The fourth-order valence-electron chi connectivity index (χ4n) is 3.14. The molecule has 0 radical (unpaired) electrons. The smallest absolute Gasteiger partial charge is 0.0319 e. The lowest BCUT2D eigenvalue weighted by molar-refractivity contribution is 0.140. The molecule has 1 unspecified atom stereocenters. The Morgan fingerprint density at radius 3 is 2.35 bits per heavy atom. The highest BCUT2D eigenvalue weighted by Gasteiger charge is 2.23. The van der Waals surface area contributed by atoms with Gasteiger partial charge in [0, 0.05) is 6.04 Å². The van der Waals surface area contributed by atoms with E-state index in [1.54, 1.807) is 0 Å². The lowest BCUT2D eigenvalue weighted by Gasteiger charge is -2.36. The van der Waals surface area contributed by atoms with Crippen LogP contribution in [0.4, 0.5) is 0 Å². The summed E-state index contributed by atoms with van der Waals surface area (Å²) in [6.07, 6.45) is 3.80. The van der Waals surface area contributed by atoms with Crippen molar-refractivity contribution in [3.05, 3.63) is 35.4 Å². The van der Waals surface area contributed by atoms with Crippen LogP contribution in [0.5, 0.6) is 0 Å². The lowest BCUT2D eigenvalue weighted by atomic mass is 9.94. The van der Waals surface area contributed by atoms with E-state index in [0.717, 1.165) is 18.9 Å². The maximum atomic E-state index is 3.49. The molecule has 0 saturated carbocycles. The quantitative estimate of drug-likeness (QED) is 0.852. The minimum atomic E-state index is 0.556. The van der Waals surface area contributed by atoms with Gasteiger partial charge in [-0.05, 0) is 69.4 Å². The highest BCUT2D eigenvalue weighted by atomic mass is 15.2. The maximum absolute atomic E-state index is 3.49. The number of piperidine rings is 1. The molecule has 1 aliphatic heterocycles. The van der Waals surface area contributed by atoms with Crippen LogP contribution in [0.2, 0.25) is 0 Å². The van der Waals surface area contributed by atoms with Gasteiger partial charge in [0.1, 0.15) is 0 Å². The zero-order valence-corrected chi connectivity index (χ0v) is 13.4. The van der Waals surface area contributed by atoms with E-state index in [1.807, 2.05) is 0 Å². The van der Waals surface area contributed by atoms with Crippen molar-refractivity contribution in [3.8, 4) is 0 Å². The van der Waals surface area contributed by atoms with Gasteiger partial charge in [-0.25, -0.2) is 0 Å². The van der Waals surface area contributed by atoms with Gasteiger partial charge in [0.25, 0.3) is 0 Å². The summed E-state index contributed by atoms with van der Waals surface area (Å²) in [5.74, 6) is 0.876. The fourth-order valence-corrected chi connectivity index (χ4v) is 3.14. The van der Waals surface area contributed by atoms with Crippen molar-refractivity contribution in [2.45, 2.75) is 46.1 Å². The SMILES string of the molecule is CCNCC1CCN(C(C)c2ccc(CC)cc2)CC1. The highest BCUT2D eigenvalue weighted by molar-refractivity contribution is 5.24. The summed E-state index contributed by atoms with van der Waals surface area (Å²) < 4.78 is 0. The molecule has 1 aromatic carbocycles. The summed E-state index contributed by atoms with van der Waals surface area (Å²) in [6, 6.07) is 9.75. The number of likely N-dealkylation sites (tertiary alicyclic amines) is 1. The van der Waals surface area contributed by atoms with Crippen LogP contribution in [0.25, 0.3) is 0 Å². The van der Waals surface area contributed by atoms with Crippen molar-refractivity contribution in [3.63, 3.8) is 0 Å². The molecule has 1 fully saturated rings. The second-order valence-corrected chi connectivity index (χ2v) is 6.06. The molecular formula is C18H30N2. The predicted molar refractivity (Wildman–Crippen MR) is 87.1 cm³/mol. The second-order valence-electron chi connectivity index (χ2n) is 6.06. The topological polar surface area (TPSA) is 15.3 Å². The molecular weight excluding hydrogens is 244 g/mol. The monoisotopic (exact) mass is 274 g/mol. The Hall–Kier alpha value is -0.860. The van der Waals surface area contributed by atoms with Gasteiger partial charge in [-0.1, -0.05) is 38.1 Å². The fraction of sp³-hybridized carbons (Fsp3) is 0.667. The molecule has 1 aromatic rings. The third kappa shape index (κ3) is 4.07. The van der Waals surface area contributed by atoms with Crippen molar-refractivity contribution < 1.29 is 0 Å². The molecule has 0 aromatic heterocycles. The number of nitrogens with one attached hydrogen (secondary N) is 1. The van der Waals surface area contributed by atoms with Gasteiger partial charge in [-0.3, -0.25) is 4.90 Å². The van der Waals surface area contributed by atoms with Crippen molar-refractivity contribution in [2.75, 3.05) is 26.2 Å². The van der Waals surface area contributed by atoms with Crippen LogP contribution in [0.3, 0.4) is 0 Å². The standard InChI is InChI=1S/C18H30N2/c1-4-16-6-8-18(9-7-16)15(3)20-12-10-17(11-13-20)14-19-5-2/h6-9,15,17,19H,4-5,10-14H2,1-3H3. The van der Waals surface area contributed by atoms with E-state index in [4.69, 9.17) is 0 Å². The van der Waals surface area contributed by atoms with E-state index in [0.29, 0.717) is 6.04 Å². The molecule has 0 bridgehead atoms. The summed E-state index contributed by atoms with van der Waals surface area (Å²) in [7, 11) is 0. The normalized spacial score (nSPS) is 19.1. The Bertz CT molecular complexity index is 377. The third-order valence-electron chi connectivity index (χ3n) is 4.75. The van der Waals surface area contributed by atoms with Crippen molar-refractivity contribution in [1.29, 1.82) is 0 Å². The van der Waals surface area contributed by atoms with Crippen LogP contribution in [0.15, 0.2) is 24.3 Å². The van der Waals surface area contributed by atoms with Crippen LogP contribution in [0.1, 0.15) is 50.8 Å². The zero-order chi connectivity index (χ0) is 14.4. The first kappa shape index (κ1) is 15.5. The Balaban J connectivity index is 1.85. The number of nitrogens with zero attached hydrogens (tertiary/aromatic N) is 1. The van der Waals surface area contributed by atoms with Gasteiger partial charge in [0.05, 0.1) is 0 Å². The number of aryl methyl sites for hydroxylation is 1. The van der Waals surface area contributed by atoms with Gasteiger partial charge < -0.3 is 5.32 Å². The summed E-state index contributed by atoms with van der Waals surface area (Å²) in [6.45, 7) is 11.5. The van der Waals surface area contributed by atoms with E-state index < -0.39 is 0 Å². The molecule has 1 N–H and O–H groups in total. The molecule has 2 rings (SSSR count). The van der Waals surface area contributed by atoms with Gasteiger partial charge >= 0.3 is 0 Å². The van der Waals surface area contributed by atoms with Gasteiger partial charge in [-0.15, -0.1) is 0 Å². The molecule has 2 nitrogen and oxygen atoms in total. The third-order valence-corrected chi connectivity index (χ3v) is 4.75. The predicted octanol–water partition coefficient (Wildman–Crippen LogP) is 3.63. The molecule has 1 aliphatic rings. The summed E-state index contributed by atoms with van der Waals surface area (Å²) in [5, 5.41) is 3.49. The molecule has 20 heavy (non-hydrogen) atoms. The van der Waals surface area contributed by atoms with Crippen molar-refractivity contribution in [2.24, 2.45) is 5.92 Å². The molecule has 0 aliphatic carbocycles. The second kappa shape index (κ2) is 7.80. The summed E-state index contributed by atoms with van der Waals surface area (Å²) in [5.41, 5.74) is 2.90. The molecule has 112 valence electrons. The first-order valence-corrected chi connectivity index (χ1v) is 8.28. The van der Waals surface area contributed by atoms with Crippen LogP contribution < -0.4 is 5.32 Å². The molecule has 0 spiro atoms. The Morgan fingerprint density at radius 2 is 1.80 bits per heavy atom. The van der Waals surface area contributed by atoms with Gasteiger partial charge in [0.15, 0.2) is 0 Å². The van der Waals surface area contributed by atoms with E-state index in [-0.39, 0.29) is 0 Å². The Kier molecular flexibility index (Phi) is 6.06. The Labute approximate surface area is 124 Å². The zero-order valence-electron chi connectivity index (χ0n) is 13.4.